The van der Waals surface area contributed by atoms with Crippen LogP contribution >= 0.6 is 45.2 Å². The van der Waals surface area contributed by atoms with Crippen molar-refractivity contribution >= 4 is 68.2 Å². The maximum atomic E-state index is 13.1. The summed E-state index contributed by atoms with van der Waals surface area (Å²) in [5.41, 5.74) is 6.49. The topological polar surface area (TPSA) is 63.6 Å². The quantitative estimate of drug-likeness (QED) is 0.108. The Balaban J connectivity index is 1.59. The van der Waals surface area contributed by atoms with Crippen LogP contribution in [0.25, 0.3) is 22.2 Å². The summed E-state index contributed by atoms with van der Waals surface area (Å²) in [6, 6.07) is 23.1. The molecule has 0 aliphatic carbocycles. The molecule has 1 amide bonds. The number of hydrazone groups is 1. The van der Waals surface area contributed by atoms with Crippen molar-refractivity contribution in [1.82, 2.24) is 10.4 Å². The van der Waals surface area contributed by atoms with Crippen LogP contribution in [0, 0.1) is 7.14 Å². The zero-order valence-electron chi connectivity index (χ0n) is 17.5. The number of carbonyl (C=O) groups excluding carboxylic acids is 1. The third kappa shape index (κ3) is 5.59. The van der Waals surface area contributed by atoms with Crippen molar-refractivity contribution in [3.05, 3.63) is 104 Å². The van der Waals surface area contributed by atoms with Gasteiger partial charge < -0.3 is 4.74 Å². The maximum Gasteiger partial charge on any atom is 0.272 e. The van der Waals surface area contributed by atoms with Gasteiger partial charge in [-0.15, -0.1) is 0 Å². The molecular formula is C26H19I2N3O2. The van der Waals surface area contributed by atoms with Crippen LogP contribution in [-0.2, 0) is 0 Å². The van der Waals surface area contributed by atoms with E-state index in [0.29, 0.717) is 12.2 Å². The minimum atomic E-state index is -0.294. The number of halogens is 2. The van der Waals surface area contributed by atoms with Gasteiger partial charge >= 0.3 is 0 Å². The van der Waals surface area contributed by atoms with Gasteiger partial charge in [-0.1, -0.05) is 61.2 Å². The molecule has 33 heavy (non-hydrogen) atoms. The summed E-state index contributed by atoms with van der Waals surface area (Å²) in [6.45, 7) is 4.13. The fraction of sp³-hybridized carbons (Fsp3) is 0.0385. The van der Waals surface area contributed by atoms with Gasteiger partial charge in [0.25, 0.3) is 5.91 Å². The van der Waals surface area contributed by atoms with E-state index in [1.807, 2.05) is 66.7 Å². The van der Waals surface area contributed by atoms with Crippen molar-refractivity contribution in [3.8, 4) is 17.0 Å². The third-order valence-electron chi connectivity index (χ3n) is 4.78. The molecule has 0 aliphatic rings. The van der Waals surface area contributed by atoms with Crippen LogP contribution in [-0.4, -0.2) is 23.7 Å². The monoisotopic (exact) mass is 659 g/mol. The number of amides is 1. The lowest BCUT2D eigenvalue weighted by Crippen LogP contribution is -2.18. The number of pyridine rings is 1. The highest BCUT2D eigenvalue weighted by Crippen LogP contribution is 2.29. The first kappa shape index (κ1) is 23.4. The van der Waals surface area contributed by atoms with Gasteiger partial charge in [0.15, 0.2) is 0 Å². The zero-order valence-corrected chi connectivity index (χ0v) is 21.8. The number of carbonyl (C=O) groups is 1. The van der Waals surface area contributed by atoms with E-state index in [1.54, 1.807) is 18.4 Å². The summed E-state index contributed by atoms with van der Waals surface area (Å²) >= 11 is 4.45. The van der Waals surface area contributed by atoms with E-state index in [0.717, 1.165) is 40.6 Å². The highest BCUT2D eigenvalue weighted by atomic mass is 127. The van der Waals surface area contributed by atoms with E-state index in [2.05, 4.69) is 62.3 Å². The Morgan fingerprint density at radius 3 is 2.45 bits per heavy atom. The van der Waals surface area contributed by atoms with E-state index >= 15 is 0 Å². The van der Waals surface area contributed by atoms with Crippen LogP contribution in [0.15, 0.2) is 90.6 Å². The number of hydrogen-bond acceptors (Lipinski definition) is 4. The van der Waals surface area contributed by atoms with Crippen molar-refractivity contribution < 1.29 is 9.53 Å². The molecule has 3 aromatic carbocycles. The van der Waals surface area contributed by atoms with Crippen molar-refractivity contribution in [1.29, 1.82) is 0 Å². The third-order valence-corrected chi connectivity index (χ3v) is 6.38. The van der Waals surface area contributed by atoms with Crippen LogP contribution in [0.4, 0.5) is 0 Å². The van der Waals surface area contributed by atoms with Crippen molar-refractivity contribution in [2.24, 2.45) is 5.10 Å². The van der Waals surface area contributed by atoms with Gasteiger partial charge in [-0.05, 0) is 75.0 Å². The second kappa shape index (κ2) is 10.9. The molecule has 0 spiro atoms. The average Bonchev–Trinajstić information content (AvgIpc) is 2.83. The van der Waals surface area contributed by atoms with E-state index in [1.165, 1.54) is 0 Å². The minimum absolute atomic E-state index is 0.294. The molecule has 0 aliphatic heterocycles. The van der Waals surface area contributed by atoms with E-state index in [9.17, 15) is 4.79 Å². The Morgan fingerprint density at radius 1 is 1.03 bits per heavy atom. The Hall–Kier alpha value is -2.79. The van der Waals surface area contributed by atoms with Crippen molar-refractivity contribution in [2.75, 3.05) is 6.61 Å². The lowest BCUT2D eigenvalue weighted by Gasteiger charge is -2.10. The molecular weight excluding hydrogens is 640 g/mol. The van der Waals surface area contributed by atoms with Gasteiger partial charge in [0, 0.05) is 10.9 Å². The SMILES string of the molecule is C=CCOc1c(I)cc(/C=N/NC(=O)c2cc(-c3ccccc3)nc3ccccc23)cc1I. The number of aromatic nitrogens is 1. The molecule has 0 saturated heterocycles. The first-order valence-corrected chi connectivity index (χ1v) is 12.2. The van der Waals surface area contributed by atoms with Crippen LogP contribution < -0.4 is 10.2 Å². The maximum absolute atomic E-state index is 13.1. The fourth-order valence-corrected chi connectivity index (χ4v) is 5.41. The molecule has 4 rings (SSSR count). The molecule has 1 aromatic heterocycles. The lowest BCUT2D eigenvalue weighted by atomic mass is 10.0. The van der Waals surface area contributed by atoms with Crippen molar-refractivity contribution in [3.63, 3.8) is 0 Å². The van der Waals surface area contributed by atoms with Gasteiger partial charge in [0.1, 0.15) is 12.4 Å². The number of rotatable bonds is 7. The molecule has 0 unspecified atom stereocenters. The molecule has 7 heteroatoms. The fourth-order valence-electron chi connectivity index (χ4n) is 3.28. The van der Waals surface area contributed by atoms with Crippen LogP contribution in [0.3, 0.4) is 0 Å². The summed E-state index contributed by atoms with van der Waals surface area (Å²) in [6.07, 6.45) is 3.34. The molecule has 1 N–H and O–H groups in total. The summed E-state index contributed by atoms with van der Waals surface area (Å²) in [5.74, 6) is 0.520. The predicted octanol–water partition coefficient (Wildman–Crippen LogP) is 6.44. The van der Waals surface area contributed by atoms with Gasteiger partial charge in [-0.2, -0.15) is 5.10 Å². The smallest absolute Gasteiger partial charge is 0.272 e. The first-order chi connectivity index (χ1) is 16.1. The van der Waals surface area contributed by atoms with Crippen LogP contribution in [0.1, 0.15) is 15.9 Å². The Bertz CT molecular complexity index is 1330. The number of nitrogens with one attached hydrogen (secondary N) is 1. The second-order valence-electron chi connectivity index (χ2n) is 7.05. The van der Waals surface area contributed by atoms with E-state index < -0.39 is 0 Å². The summed E-state index contributed by atoms with van der Waals surface area (Å²) in [7, 11) is 0. The number of hydrogen-bond donors (Lipinski definition) is 1. The first-order valence-electron chi connectivity index (χ1n) is 10.1. The molecule has 0 atom stereocenters. The Morgan fingerprint density at radius 2 is 1.73 bits per heavy atom. The van der Waals surface area contributed by atoms with E-state index in [4.69, 9.17) is 9.72 Å². The number of nitrogens with zero attached hydrogens (tertiary/aromatic N) is 2. The van der Waals surface area contributed by atoms with Crippen LogP contribution in [0.2, 0.25) is 0 Å². The number of para-hydroxylation sites is 1. The minimum Gasteiger partial charge on any atom is -0.487 e. The molecule has 4 aromatic rings. The summed E-state index contributed by atoms with van der Waals surface area (Å²) in [4.78, 5) is 17.8. The van der Waals surface area contributed by atoms with Gasteiger partial charge in [0.05, 0.1) is 30.1 Å². The number of fused-ring (bicyclic) bond motifs is 1. The normalized spacial score (nSPS) is 11.0. The zero-order chi connectivity index (χ0) is 23.2. The van der Waals surface area contributed by atoms with Gasteiger partial charge in [-0.3, -0.25) is 4.79 Å². The summed E-state index contributed by atoms with van der Waals surface area (Å²) in [5, 5.41) is 4.97. The summed E-state index contributed by atoms with van der Waals surface area (Å²) < 4.78 is 7.63. The van der Waals surface area contributed by atoms with E-state index in [-0.39, 0.29) is 5.91 Å². The average molecular weight is 659 g/mol. The van der Waals surface area contributed by atoms with Gasteiger partial charge in [0.2, 0.25) is 0 Å². The predicted molar refractivity (Wildman–Crippen MR) is 150 cm³/mol. The van der Waals surface area contributed by atoms with Crippen LogP contribution in [0.5, 0.6) is 5.75 Å². The second-order valence-corrected chi connectivity index (χ2v) is 9.38. The molecule has 5 nitrogen and oxygen atoms in total. The van der Waals surface area contributed by atoms with Gasteiger partial charge in [-0.25, -0.2) is 10.4 Å². The highest BCUT2D eigenvalue weighted by Gasteiger charge is 2.14. The standard InChI is InChI=1S/C26H19I2N3O2/c1-2-12-33-25-21(27)13-17(14-22(25)28)16-29-31-26(32)20-15-24(18-8-4-3-5-9-18)30-23-11-7-6-10-19(20)23/h2-11,13-16H,1,12H2,(H,31,32)/b29-16+. The molecule has 164 valence electrons. The number of ether oxygens (including phenoxy) is 1. The molecule has 1 heterocycles. The Kier molecular flexibility index (Phi) is 7.71. The molecule has 0 fully saturated rings. The Labute approximate surface area is 219 Å². The van der Waals surface area contributed by atoms with Crippen molar-refractivity contribution in [2.45, 2.75) is 0 Å². The molecule has 0 saturated carbocycles. The lowest BCUT2D eigenvalue weighted by molar-refractivity contribution is 0.0956. The largest absolute Gasteiger partial charge is 0.487 e. The number of benzene rings is 3. The molecule has 0 bridgehead atoms. The highest BCUT2D eigenvalue weighted by molar-refractivity contribution is 14.1. The molecule has 0 radical (unpaired) electrons.